The molecule has 17 heavy (non-hydrogen) atoms. The molecule has 0 saturated carbocycles. The number of nitrogens with zero attached hydrogens (tertiary/aromatic N) is 3. The highest BCUT2D eigenvalue weighted by atomic mass is 32.1. The monoisotopic (exact) mass is 250 g/mol. The Morgan fingerprint density at radius 1 is 1.47 bits per heavy atom. The summed E-state index contributed by atoms with van der Waals surface area (Å²) in [5.74, 6) is -0.847. The fraction of sp³-hybridized carbons (Fsp3) is 0.200. The zero-order valence-electron chi connectivity index (χ0n) is 9.04. The lowest BCUT2D eigenvalue weighted by Crippen LogP contribution is -2.10. The van der Waals surface area contributed by atoms with Gasteiger partial charge in [0.15, 0.2) is 11.5 Å². The summed E-state index contributed by atoms with van der Waals surface area (Å²) in [4.78, 5) is 22.8. The van der Waals surface area contributed by atoms with E-state index >= 15 is 0 Å². The van der Waals surface area contributed by atoms with Crippen LogP contribution in [0.15, 0.2) is 17.8 Å². The Bertz CT molecular complexity index is 541. The van der Waals surface area contributed by atoms with Crippen molar-refractivity contribution in [1.82, 2.24) is 15.0 Å². The van der Waals surface area contributed by atoms with E-state index < -0.39 is 5.97 Å². The number of thiazole rings is 1. The minimum absolute atomic E-state index is 0.0838. The van der Waals surface area contributed by atoms with Crippen LogP contribution >= 0.6 is 11.3 Å². The lowest BCUT2D eigenvalue weighted by molar-refractivity contribution is 0.0691. The molecule has 7 heteroatoms. The first-order chi connectivity index (χ1) is 8.16. The topological polar surface area (TPSA) is 88.0 Å². The first-order valence-electron chi connectivity index (χ1n) is 4.86. The van der Waals surface area contributed by atoms with Crippen molar-refractivity contribution in [3.63, 3.8) is 0 Å². The van der Waals surface area contributed by atoms with Crippen LogP contribution in [-0.4, -0.2) is 26.0 Å². The summed E-state index contributed by atoms with van der Waals surface area (Å²) < 4.78 is 0. The molecule has 6 nitrogen and oxygen atoms in total. The summed E-state index contributed by atoms with van der Waals surface area (Å²) in [6.07, 6.45) is 2.79. The molecular formula is C10H10N4O2S. The van der Waals surface area contributed by atoms with E-state index in [-0.39, 0.29) is 11.5 Å². The minimum Gasteiger partial charge on any atom is -0.476 e. The van der Waals surface area contributed by atoms with E-state index in [2.05, 4.69) is 20.3 Å². The molecule has 0 amide bonds. The highest BCUT2D eigenvalue weighted by molar-refractivity contribution is 7.09. The zero-order chi connectivity index (χ0) is 12.3. The molecule has 2 aromatic heterocycles. The van der Waals surface area contributed by atoms with Gasteiger partial charge in [-0.3, -0.25) is 0 Å². The number of anilines is 1. The molecule has 0 radical (unpaired) electrons. The van der Waals surface area contributed by atoms with Gasteiger partial charge in [-0.15, -0.1) is 11.3 Å². The number of rotatable bonds is 4. The summed E-state index contributed by atoms with van der Waals surface area (Å²) >= 11 is 1.55. The summed E-state index contributed by atoms with van der Waals surface area (Å²) in [5, 5.41) is 14.7. The Hall–Kier alpha value is -2.02. The summed E-state index contributed by atoms with van der Waals surface area (Å²) in [7, 11) is 0. The molecule has 0 spiro atoms. The maximum absolute atomic E-state index is 10.9. The predicted molar refractivity (Wildman–Crippen MR) is 63.2 cm³/mol. The van der Waals surface area contributed by atoms with Crippen LogP contribution < -0.4 is 5.32 Å². The molecule has 0 aliphatic rings. The average Bonchev–Trinajstić information content (AvgIpc) is 2.73. The average molecular weight is 250 g/mol. The van der Waals surface area contributed by atoms with Crippen LogP contribution in [0, 0.1) is 6.92 Å². The van der Waals surface area contributed by atoms with Crippen molar-refractivity contribution in [2.24, 2.45) is 0 Å². The number of carbonyl (C=O) groups is 1. The standard InChI is InChI=1S/C10H10N4O2S/c1-6-14-7(5-17-6)4-13-9-8(10(15)16)11-2-3-12-9/h2-3,5H,4H2,1H3,(H,12,13)(H,15,16). The van der Waals surface area contributed by atoms with Crippen LogP contribution in [0.1, 0.15) is 21.2 Å². The van der Waals surface area contributed by atoms with E-state index in [1.165, 1.54) is 12.4 Å². The Morgan fingerprint density at radius 3 is 2.88 bits per heavy atom. The SMILES string of the molecule is Cc1nc(CNc2nccnc2C(=O)O)cs1. The number of aryl methyl sites for hydroxylation is 1. The van der Waals surface area contributed by atoms with Gasteiger partial charge in [0, 0.05) is 17.8 Å². The molecule has 0 aliphatic heterocycles. The Morgan fingerprint density at radius 2 is 2.24 bits per heavy atom. The summed E-state index contributed by atoms with van der Waals surface area (Å²) in [6, 6.07) is 0. The lowest BCUT2D eigenvalue weighted by atomic mass is 10.4. The van der Waals surface area contributed by atoms with E-state index in [1.807, 2.05) is 12.3 Å². The normalized spacial score (nSPS) is 10.2. The number of aromatic carboxylic acids is 1. The molecule has 2 heterocycles. The third-order valence-electron chi connectivity index (χ3n) is 2.00. The van der Waals surface area contributed by atoms with Gasteiger partial charge in [0.05, 0.1) is 17.2 Å². The lowest BCUT2D eigenvalue weighted by Gasteiger charge is -2.05. The molecule has 0 aromatic carbocycles. The van der Waals surface area contributed by atoms with Crippen molar-refractivity contribution < 1.29 is 9.90 Å². The van der Waals surface area contributed by atoms with E-state index in [0.29, 0.717) is 6.54 Å². The number of hydrogen-bond acceptors (Lipinski definition) is 6. The number of aromatic nitrogens is 3. The van der Waals surface area contributed by atoms with Gasteiger partial charge < -0.3 is 10.4 Å². The van der Waals surface area contributed by atoms with Gasteiger partial charge in [-0.2, -0.15) is 0 Å². The molecule has 2 N–H and O–H groups in total. The molecule has 2 aromatic rings. The molecule has 0 atom stereocenters. The first-order valence-corrected chi connectivity index (χ1v) is 5.74. The summed E-state index contributed by atoms with van der Waals surface area (Å²) in [6.45, 7) is 2.35. The van der Waals surface area contributed by atoms with Crippen molar-refractivity contribution in [3.8, 4) is 0 Å². The number of nitrogens with one attached hydrogen (secondary N) is 1. The van der Waals surface area contributed by atoms with Gasteiger partial charge in [0.1, 0.15) is 0 Å². The zero-order valence-corrected chi connectivity index (χ0v) is 9.86. The molecule has 0 saturated heterocycles. The number of carboxylic acids is 1. The Balaban J connectivity index is 2.11. The maximum atomic E-state index is 10.9. The van der Waals surface area contributed by atoms with Crippen LogP contribution in [-0.2, 0) is 6.54 Å². The van der Waals surface area contributed by atoms with E-state index in [0.717, 1.165) is 10.7 Å². The van der Waals surface area contributed by atoms with E-state index in [1.54, 1.807) is 11.3 Å². The smallest absolute Gasteiger partial charge is 0.358 e. The first kappa shape index (κ1) is 11.5. The molecule has 2 rings (SSSR count). The Labute approximate surface area is 101 Å². The van der Waals surface area contributed by atoms with Gasteiger partial charge >= 0.3 is 5.97 Å². The quantitative estimate of drug-likeness (QED) is 0.856. The van der Waals surface area contributed by atoms with Crippen molar-refractivity contribution >= 4 is 23.1 Å². The van der Waals surface area contributed by atoms with Crippen LogP contribution in [0.5, 0.6) is 0 Å². The van der Waals surface area contributed by atoms with Crippen LogP contribution in [0.4, 0.5) is 5.82 Å². The van der Waals surface area contributed by atoms with Gasteiger partial charge in [0.25, 0.3) is 0 Å². The van der Waals surface area contributed by atoms with Gasteiger partial charge in [0.2, 0.25) is 0 Å². The minimum atomic E-state index is -1.10. The highest BCUT2D eigenvalue weighted by Gasteiger charge is 2.12. The molecule has 88 valence electrons. The molecule has 0 aliphatic carbocycles. The largest absolute Gasteiger partial charge is 0.476 e. The van der Waals surface area contributed by atoms with Gasteiger partial charge in [-0.05, 0) is 6.92 Å². The number of carboxylic acid groups (broad SMARTS) is 1. The van der Waals surface area contributed by atoms with Crippen LogP contribution in [0.3, 0.4) is 0 Å². The third kappa shape index (κ3) is 2.76. The fourth-order valence-electron chi connectivity index (χ4n) is 1.29. The predicted octanol–water partition coefficient (Wildman–Crippen LogP) is 1.55. The maximum Gasteiger partial charge on any atom is 0.358 e. The highest BCUT2D eigenvalue weighted by Crippen LogP contribution is 2.12. The second kappa shape index (κ2) is 4.88. The second-order valence-electron chi connectivity index (χ2n) is 3.27. The molecular weight excluding hydrogens is 240 g/mol. The number of hydrogen-bond donors (Lipinski definition) is 2. The van der Waals surface area contributed by atoms with Crippen molar-refractivity contribution in [2.45, 2.75) is 13.5 Å². The van der Waals surface area contributed by atoms with Crippen molar-refractivity contribution in [3.05, 3.63) is 34.2 Å². The third-order valence-corrected chi connectivity index (χ3v) is 2.83. The Kier molecular flexibility index (Phi) is 3.29. The summed E-state index contributed by atoms with van der Waals surface area (Å²) in [5.41, 5.74) is 0.772. The molecule has 0 bridgehead atoms. The van der Waals surface area contributed by atoms with E-state index in [9.17, 15) is 4.79 Å². The van der Waals surface area contributed by atoms with Crippen molar-refractivity contribution in [2.75, 3.05) is 5.32 Å². The van der Waals surface area contributed by atoms with Gasteiger partial charge in [-0.25, -0.2) is 19.7 Å². The van der Waals surface area contributed by atoms with Crippen LogP contribution in [0.25, 0.3) is 0 Å². The van der Waals surface area contributed by atoms with E-state index in [4.69, 9.17) is 5.11 Å². The molecule has 0 unspecified atom stereocenters. The second-order valence-corrected chi connectivity index (χ2v) is 4.33. The van der Waals surface area contributed by atoms with Crippen LogP contribution in [0.2, 0.25) is 0 Å². The van der Waals surface area contributed by atoms with Crippen molar-refractivity contribution in [1.29, 1.82) is 0 Å². The fourth-order valence-corrected chi connectivity index (χ4v) is 1.90. The molecule has 0 fully saturated rings. The van der Waals surface area contributed by atoms with Gasteiger partial charge in [-0.1, -0.05) is 0 Å².